The van der Waals surface area contributed by atoms with Crippen LogP contribution < -0.4 is 0 Å². The summed E-state index contributed by atoms with van der Waals surface area (Å²) >= 11 is 0. The number of carbonyl (C=O) groups is 1. The van der Waals surface area contributed by atoms with Gasteiger partial charge in [-0.1, -0.05) is 241 Å². The summed E-state index contributed by atoms with van der Waals surface area (Å²) in [7, 11) is 0. The van der Waals surface area contributed by atoms with Gasteiger partial charge in [0.25, 0.3) is 0 Å². The monoisotopic (exact) mass is 971 g/mol. The third-order valence-corrected chi connectivity index (χ3v) is 12.9. The molecule has 6 unspecified atom stereocenters. The van der Waals surface area contributed by atoms with Crippen LogP contribution in [-0.2, 0) is 23.7 Å². The Balaban J connectivity index is 2.18. The Hall–Kier alpha value is -2.37. The van der Waals surface area contributed by atoms with Crippen molar-refractivity contribution < 1.29 is 44.2 Å². The van der Waals surface area contributed by atoms with E-state index in [0.29, 0.717) is 13.0 Å². The van der Waals surface area contributed by atoms with Crippen LogP contribution in [0.15, 0.2) is 72.9 Å². The van der Waals surface area contributed by atoms with E-state index in [0.717, 1.165) is 83.5 Å². The first-order valence-corrected chi connectivity index (χ1v) is 28.5. The number of esters is 1. The lowest BCUT2D eigenvalue weighted by atomic mass is 9.99. The fourth-order valence-electron chi connectivity index (χ4n) is 8.50. The van der Waals surface area contributed by atoms with Gasteiger partial charge in [0.1, 0.15) is 30.5 Å². The van der Waals surface area contributed by atoms with Crippen molar-refractivity contribution in [2.24, 2.45) is 0 Å². The molecule has 1 aliphatic heterocycles. The van der Waals surface area contributed by atoms with E-state index in [2.05, 4.69) is 86.8 Å². The molecule has 1 heterocycles. The Morgan fingerprint density at radius 1 is 0.478 bits per heavy atom. The normalized spacial score (nSPS) is 19.5. The molecular formula is C60H106O9. The summed E-state index contributed by atoms with van der Waals surface area (Å²) in [5.74, 6) is -0.316. The molecule has 0 saturated carbocycles. The Labute approximate surface area is 423 Å². The van der Waals surface area contributed by atoms with Crippen molar-refractivity contribution in [1.29, 1.82) is 0 Å². The third kappa shape index (κ3) is 40.9. The maximum atomic E-state index is 12.9. The molecule has 0 bridgehead atoms. The maximum absolute atomic E-state index is 12.9. The minimum Gasteiger partial charge on any atom is -0.457 e. The minimum atomic E-state index is -1.54. The Kier molecular flexibility index (Phi) is 47.4. The summed E-state index contributed by atoms with van der Waals surface area (Å²) < 4.78 is 23.0. The number of aliphatic hydroxyl groups excluding tert-OH is 4. The first-order chi connectivity index (χ1) is 33.9. The number of aliphatic hydroxyl groups is 4. The van der Waals surface area contributed by atoms with Crippen LogP contribution in [0.3, 0.4) is 0 Å². The van der Waals surface area contributed by atoms with E-state index in [4.69, 9.17) is 18.9 Å². The zero-order valence-electron chi connectivity index (χ0n) is 44.3. The summed E-state index contributed by atoms with van der Waals surface area (Å²) in [6, 6.07) is 0. The van der Waals surface area contributed by atoms with Crippen molar-refractivity contribution in [2.45, 2.75) is 275 Å². The molecular weight excluding hydrogens is 865 g/mol. The molecule has 69 heavy (non-hydrogen) atoms. The molecule has 0 radical (unpaired) electrons. The molecule has 0 aromatic heterocycles. The van der Waals surface area contributed by atoms with Gasteiger partial charge >= 0.3 is 5.97 Å². The molecule has 0 aromatic carbocycles. The van der Waals surface area contributed by atoms with Crippen LogP contribution in [0.5, 0.6) is 0 Å². The first kappa shape index (κ1) is 64.6. The van der Waals surface area contributed by atoms with E-state index in [1.54, 1.807) is 0 Å². The van der Waals surface area contributed by atoms with Gasteiger partial charge in [-0.2, -0.15) is 0 Å². The zero-order chi connectivity index (χ0) is 49.9. The molecule has 1 fully saturated rings. The Morgan fingerprint density at radius 2 is 0.884 bits per heavy atom. The van der Waals surface area contributed by atoms with Gasteiger partial charge in [0.15, 0.2) is 6.29 Å². The van der Waals surface area contributed by atoms with Gasteiger partial charge in [-0.25, -0.2) is 0 Å². The van der Waals surface area contributed by atoms with Crippen molar-refractivity contribution in [3.05, 3.63) is 72.9 Å². The molecule has 0 spiro atoms. The van der Waals surface area contributed by atoms with E-state index in [9.17, 15) is 25.2 Å². The van der Waals surface area contributed by atoms with Crippen LogP contribution in [0.4, 0.5) is 0 Å². The van der Waals surface area contributed by atoms with Gasteiger partial charge in [0.05, 0.1) is 19.8 Å². The number of rotatable bonds is 49. The Bertz CT molecular complexity index is 1290. The van der Waals surface area contributed by atoms with Crippen LogP contribution in [-0.4, -0.2) is 89.6 Å². The lowest BCUT2D eigenvalue weighted by molar-refractivity contribution is -0.305. The highest BCUT2D eigenvalue weighted by atomic mass is 16.7. The smallest absolute Gasteiger partial charge is 0.306 e. The van der Waals surface area contributed by atoms with Gasteiger partial charge in [0, 0.05) is 13.0 Å². The van der Waals surface area contributed by atoms with E-state index in [1.165, 1.54) is 135 Å². The van der Waals surface area contributed by atoms with E-state index < -0.39 is 43.4 Å². The number of hydrogen-bond donors (Lipinski definition) is 4. The van der Waals surface area contributed by atoms with Gasteiger partial charge in [-0.3, -0.25) is 4.79 Å². The summed E-state index contributed by atoms with van der Waals surface area (Å²) in [5, 5.41) is 40.3. The molecule has 4 N–H and O–H groups in total. The molecule has 1 aliphatic rings. The van der Waals surface area contributed by atoms with Gasteiger partial charge in [-0.05, 0) is 64.2 Å². The van der Waals surface area contributed by atoms with Crippen LogP contribution >= 0.6 is 0 Å². The van der Waals surface area contributed by atoms with Gasteiger partial charge in [-0.15, -0.1) is 0 Å². The minimum absolute atomic E-state index is 0.119. The predicted octanol–water partition coefficient (Wildman–Crippen LogP) is 14.8. The number of hydrogen-bond acceptors (Lipinski definition) is 9. The molecule has 0 amide bonds. The summed E-state index contributed by atoms with van der Waals surface area (Å²) in [6.45, 7) is 4.45. The number of carbonyl (C=O) groups excluding carboxylic acids is 1. The SMILES string of the molecule is CC/C=C\C/C=C\C/C=C\C/C=C\C/C=C\C/C=C\CCCCCCCCCOCC(COC1OC(CO)C(O)C(O)C1O)OC(=O)CCCCCCCCCCCCCCCCCCCCCC. The third-order valence-electron chi connectivity index (χ3n) is 12.9. The molecule has 9 nitrogen and oxygen atoms in total. The van der Waals surface area contributed by atoms with E-state index in [1.807, 2.05) is 0 Å². The molecule has 1 saturated heterocycles. The average molecular weight is 971 g/mol. The standard InChI is InChI=1S/C60H106O9/c1-3-5-7-9-11-13-15-17-19-21-23-25-26-27-28-29-30-32-34-36-38-40-42-44-46-48-50-66-52-54(53-67-60-59(65)58(64)57(63)55(51-61)69-60)68-56(62)49-47-45-43-41-39-37-35-33-31-24-22-20-18-16-14-12-10-8-6-4-2/h5,7,11,13,17,19,23,25,27-28,30,32,54-55,57-61,63-65H,3-4,6,8-10,12,14-16,18,20-22,24,26,29,31,33-53H2,1-2H3/b7-5-,13-11-,19-17-,25-23-,28-27-,32-30-. The van der Waals surface area contributed by atoms with Crippen LogP contribution in [0.2, 0.25) is 0 Å². The number of unbranched alkanes of at least 4 members (excludes halogenated alkanes) is 26. The summed E-state index contributed by atoms with van der Waals surface area (Å²) in [6.07, 6.45) is 60.9. The van der Waals surface area contributed by atoms with E-state index in [-0.39, 0.29) is 19.2 Å². The van der Waals surface area contributed by atoms with Gasteiger partial charge in [0.2, 0.25) is 0 Å². The topological polar surface area (TPSA) is 135 Å². The maximum Gasteiger partial charge on any atom is 0.306 e. The molecule has 400 valence electrons. The summed E-state index contributed by atoms with van der Waals surface area (Å²) in [4.78, 5) is 12.9. The molecule has 6 atom stereocenters. The van der Waals surface area contributed by atoms with Crippen molar-refractivity contribution in [3.8, 4) is 0 Å². The number of ether oxygens (including phenoxy) is 4. The van der Waals surface area contributed by atoms with Crippen molar-refractivity contribution in [2.75, 3.05) is 26.4 Å². The van der Waals surface area contributed by atoms with E-state index >= 15 is 0 Å². The molecule has 1 rings (SSSR count). The first-order valence-electron chi connectivity index (χ1n) is 28.5. The van der Waals surface area contributed by atoms with Gasteiger partial charge < -0.3 is 39.4 Å². The Morgan fingerprint density at radius 3 is 1.33 bits per heavy atom. The lowest BCUT2D eigenvalue weighted by Crippen LogP contribution is -2.59. The van der Waals surface area contributed by atoms with Crippen LogP contribution in [0.25, 0.3) is 0 Å². The lowest BCUT2D eigenvalue weighted by Gasteiger charge is -2.39. The second-order valence-corrected chi connectivity index (χ2v) is 19.4. The van der Waals surface area contributed by atoms with Crippen molar-refractivity contribution >= 4 is 5.97 Å². The highest BCUT2D eigenvalue weighted by Gasteiger charge is 2.44. The zero-order valence-corrected chi connectivity index (χ0v) is 44.3. The number of allylic oxidation sites excluding steroid dienone is 12. The highest BCUT2D eigenvalue weighted by Crippen LogP contribution is 2.23. The molecule has 0 aromatic rings. The van der Waals surface area contributed by atoms with Crippen LogP contribution in [0.1, 0.15) is 239 Å². The summed E-state index contributed by atoms with van der Waals surface area (Å²) in [5.41, 5.74) is 0. The fraction of sp³-hybridized carbons (Fsp3) is 0.783. The fourth-order valence-corrected chi connectivity index (χ4v) is 8.50. The molecule has 0 aliphatic carbocycles. The quantitative estimate of drug-likeness (QED) is 0.0267. The molecule has 9 heteroatoms. The van der Waals surface area contributed by atoms with Crippen LogP contribution in [0, 0.1) is 0 Å². The predicted molar refractivity (Wildman–Crippen MR) is 288 cm³/mol. The largest absolute Gasteiger partial charge is 0.457 e. The van der Waals surface area contributed by atoms with Crippen molar-refractivity contribution in [3.63, 3.8) is 0 Å². The second kappa shape index (κ2) is 50.6. The average Bonchev–Trinajstić information content (AvgIpc) is 3.35. The highest BCUT2D eigenvalue weighted by molar-refractivity contribution is 5.69. The second-order valence-electron chi connectivity index (χ2n) is 19.4. The van der Waals surface area contributed by atoms with Crippen molar-refractivity contribution in [1.82, 2.24) is 0 Å².